The highest BCUT2D eigenvalue weighted by molar-refractivity contribution is 5.79. The van der Waals surface area contributed by atoms with Crippen LogP contribution in [0.4, 0.5) is 0 Å². The molecule has 12 aliphatic rings. The van der Waals surface area contributed by atoms with Gasteiger partial charge < -0.3 is 163 Å². The first-order valence-electron chi connectivity index (χ1n) is 35.5. The number of hydrogen-bond donors (Lipinski definition) is 19. The number of rotatable bonds is 17. The number of carbonyl (C=O) groups excluding carboxylic acids is 1. The number of hydrogen-bond acceptors (Lipinski definition) is 34. The SMILES string of the molecule is C[C@@H]1O[C@@H](O[C@H]2[C@H](OC(=O)[C@]34CCC(C)(C)C[C@H]3C3=CC[C@@H]5[C@@]6(C)C[C@H](O)[C@H](O[C@@H]7O[C@H](CO)[C@@H](O)[C@H](O[C@@H]8OC[C@@H](O)[C@H](O)[C@H]8O)[C@H]7O)[C@@](C)(CO)[C@H]6CC[C@@]5(C)[C@]3(C)CC4)OC[C@H](O)[C@H]2O)[C@H](O)[C@H](O[C@@H]2OC[C@@](O)(CO)[C@H]2O)[C@H]1O[C@@H]1OC[C@@H](O)[C@H](O[C@@H]2OC[C@@H](O)[C@H](O)[C@H]2O)[C@H]1O. The molecule has 34 heteroatoms. The molecule has 0 spiro atoms. The number of allylic oxidation sites excluding steroid dienone is 2. The Morgan fingerprint density at radius 2 is 1.03 bits per heavy atom. The zero-order valence-electron chi connectivity index (χ0n) is 57.8. The molecule has 11 fully saturated rings. The molecule has 19 N–H and O–H groups in total. The Balaban J connectivity index is 0.771. The van der Waals surface area contributed by atoms with Gasteiger partial charge in [0.25, 0.3) is 0 Å². The molecule has 580 valence electrons. The molecule has 0 amide bonds. The van der Waals surface area contributed by atoms with Crippen molar-refractivity contribution < 1.29 is 168 Å². The summed E-state index contributed by atoms with van der Waals surface area (Å²) in [5.74, 6) is -1.50. The fourth-order valence-electron chi connectivity index (χ4n) is 19.7. The highest BCUT2D eigenvalue weighted by atomic mass is 16.8. The molecule has 39 atom stereocenters. The van der Waals surface area contributed by atoms with E-state index in [-0.39, 0.29) is 23.7 Å². The summed E-state index contributed by atoms with van der Waals surface area (Å²) >= 11 is 0. The third kappa shape index (κ3) is 13.5. The van der Waals surface area contributed by atoms with E-state index in [0.717, 1.165) is 5.57 Å². The maximum atomic E-state index is 15.7. The molecule has 7 heterocycles. The number of esters is 1. The number of aliphatic hydroxyl groups is 19. The third-order valence-electron chi connectivity index (χ3n) is 26.0. The number of ether oxygens (including phenoxy) is 14. The van der Waals surface area contributed by atoms with Gasteiger partial charge in [0.2, 0.25) is 6.29 Å². The molecule has 7 saturated heterocycles. The van der Waals surface area contributed by atoms with Crippen LogP contribution < -0.4 is 0 Å². The molecule has 0 aromatic rings. The Morgan fingerprint density at radius 3 is 1.64 bits per heavy atom. The minimum atomic E-state index is -2.24. The van der Waals surface area contributed by atoms with Crippen LogP contribution in [0.3, 0.4) is 0 Å². The highest BCUT2D eigenvalue weighted by Gasteiger charge is 2.72. The van der Waals surface area contributed by atoms with E-state index in [2.05, 4.69) is 40.7 Å². The molecule has 0 bridgehead atoms. The summed E-state index contributed by atoms with van der Waals surface area (Å²) in [6, 6.07) is 0. The van der Waals surface area contributed by atoms with Crippen LogP contribution >= 0.6 is 0 Å². The quantitative estimate of drug-likeness (QED) is 0.0366. The zero-order chi connectivity index (χ0) is 73.3. The van der Waals surface area contributed by atoms with Crippen molar-refractivity contribution in [2.75, 3.05) is 52.9 Å². The second-order valence-corrected chi connectivity index (χ2v) is 32.6. The maximum Gasteiger partial charge on any atom is 0.315 e. The fraction of sp³-hybridized carbons (Fsp3) is 0.955. The molecule has 4 saturated carbocycles. The smallest absolute Gasteiger partial charge is 0.315 e. The summed E-state index contributed by atoms with van der Waals surface area (Å²) in [6.07, 6.45) is -43.7. The van der Waals surface area contributed by atoms with Gasteiger partial charge in [-0.1, -0.05) is 53.2 Å². The van der Waals surface area contributed by atoms with Crippen LogP contribution in [0.25, 0.3) is 0 Å². The molecule has 7 aliphatic heterocycles. The Labute approximate surface area is 583 Å². The van der Waals surface area contributed by atoms with E-state index >= 15 is 4.79 Å². The van der Waals surface area contributed by atoms with Gasteiger partial charge in [0.1, 0.15) is 122 Å². The first-order valence-corrected chi connectivity index (χ1v) is 35.5. The lowest BCUT2D eigenvalue weighted by atomic mass is 9.33. The molecular formula is C67H108O34. The normalized spacial score (nSPS) is 55.3. The van der Waals surface area contributed by atoms with E-state index in [0.29, 0.717) is 51.4 Å². The van der Waals surface area contributed by atoms with Gasteiger partial charge in [0.15, 0.2) is 43.8 Å². The van der Waals surface area contributed by atoms with Crippen LogP contribution in [-0.2, 0) is 71.1 Å². The molecule has 0 aromatic carbocycles. The van der Waals surface area contributed by atoms with Crippen LogP contribution in [0.2, 0.25) is 0 Å². The topological polar surface area (TPSA) is 531 Å². The van der Waals surface area contributed by atoms with Crippen LogP contribution in [0.1, 0.15) is 106 Å². The van der Waals surface area contributed by atoms with Crippen molar-refractivity contribution in [2.24, 2.45) is 50.2 Å². The Kier molecular flexibility index (Phi) is 22.8. The van der Waals surface area contributed by atoms with Crippen molar-refractivity contribution in [2.45, 2.75) is 296 Å². The summed E-state index contributed by atoms with van der Waals surface area (Å²) in [6.45, 7) is 9.32. The summed E-state index contributed by atoms with van der Waals surface area (Å²) in [5, 5.41) is 210. The monoisotopic (exact) mass is 1460 g/mol. The van der Waals surface area contributed by atoms with Crippen molar-refractivity contribution in [1.82, 2.24) is 0 Å². The Bertz CT molecular complexity index is 2880. The van der Waals surface area contributed by atoms with Gasteiger partial charge >= 0.3 is 5.97 Å². The summed E-state index contributed by atoms with van der Waals surface area (Å²) < 4.78 is 83.5. The standard InChI is InChI=1S/C67H108O34/c1-26-46(95-55-43(82)47(33(75)22-90-55)96-53-41(80)37(76)30(72)19-88-53)49(98-59-51(85)67(87,24-70)25-92-59)45(84)56(93-26)99-50-39(78)32(74)21-91-58(50)101-60(86)66-14-12-61(2,3)16-28(66)27-8-9-36-62(4)17-29(71)52(63(5,23-69)35(62)10-11-65(36,7)64(27,6)13-15-66)100-57-44(83)48(40(79)34(18-68)94-57)97-54-42(81)38(77)31(73)20-89-54/h8,26,28-59,68-85,87H,9-25H2,1-7H3/t26-,28-,29-,30+,31+,32-,33+,34+,35-,36+,37-,38-,39+,40+,41+,42+,43+,44+,45+,46-,47-,48-,49-,50+,51-,52-,53-,54-,55-,56-,57-,58-,59-,62-,63-,64+,65+,66-,67-/m0/s1. The van der Waals surface area contributed by atoms with Gasteiger partial charge in [-0.15, -0.1) is 0 Å². The molecule has 5 aliphatic carbocycles. The first-order chi connectivity index (χ1) is 47.5. The highest BCUT2D eigenvalue weighted by Crippen LogP contribution is 2.76. The van der Waals surface area contributed by atoms with Gasteiger partial charge in [-0.05, 0) is 104 Å². The zero-order valence-corrected chi connectivity index (χ0v) is 57.8. The predicted octanol–water partition coefficient (Wildman–Crippen LogP) is -6.39. The van der Waals surface area contributed by atoms with Crippen LogP contribution in [0.15, 0.2) is 11.6 Å². The molecular weight excluding hydrogens is 1350 g/mol. The second kappa shape index (κ2) is 29.4. The number of fused-ring (bicyclic) bond motifs is 7. The van der Waals surface area contributed by atoms with E-state index in [1.165, 1.54) is 6.92 Å². The van der Waals surface area contributed by atoms with Gasteiger partial charge in [-0.2, -0.15) is 0 Å². The average Bonchev–Trinajstić information content (AvgIpc) is 0.934. The maximum absolute atomic E-state index is 15.7. The van der Waals surface area contributed by atoms with E-state index in [1.54, 1.807) is 0 Å². The van der Waals surface area contributed by atoms with Crippen molar-refractivity contribution >= 4 is 5.97 Å². The van der Waals surface area contributed by atoms with E-state index in [1.807, 2.05) is 6.92 Å². The van der Waals surface area contributed by atoms with Gasteiger partial charge in [-0.3, -0.25) is 4.79 Å². The van der Waals surface area contributed by atoms with Crippen LogP contribution in [-0.4, -0.2) is 346 Å². The predicted molar refractivity (Wildman–Crippen MR) is 332 cm³/mol. The largest absolute Gasteiger partial charge is 0.432 e. The van der Waals surface area contributed by atoms with E-state index < -0.39 is 282 Å². The summed E-state index contributed by atoms with van der Waals surface area (Å²) in [7, 11) is 0. The van der Waals surface area contributed by atoms with Gasteiger partial charge in [0.05, 0.1) is 76.6 Å². The molecule has 0 aromatic heterocycles. The first kappa shape index (κ1) is 78.5. The van der Waals surface area contributed by atoms with Gasteiger partial charge in [0, 0.05) is 5.41 Å². The van der Waals surface area contributed by atoms with Crippen molar-refractivity contribution in [3.63, 3.8) is 0 Å². The molecule has 12 rings (SSSR count). The lowest BCUT2D eigenvalue weighted by Gasteiger charge is -2.72. The van der Waals surface area contributed by atoms with Crippen molar-refractivity contribution in [1.29, 1.82) is 0 Å². The fourth-order valence-corrected chi connectivity index (χ4v) is 19.7. The number of aliphatic hydroxyl groups excluding tert-OH is 18. The summed E-state index contributed by atoms with van der Waals surface area (Å²) in [5.41, 5.74) is -5.53. The summed E-state index contributed by atoms with van der Waals surface area (Å²) in [4.78, 5) is 15.7. The molecule has 0 radical (unpaired) electrons. The second-order valence-electron chi connectivity index (χ2n) is 32.6. The average molecular weight is 1460 g/mol. The third-order valence-corrected chi connectivity index (χ3v) is 26.0. The lowest BCUT2D eigenvalue weighted by Crippen LogP contribution is -2.70. The van der Waals surface area contributed by atoms with Crippen molar-refractivity contribution in [3.05, 3.63) is 11.6 Å². The van der Waals surface area contributed by atoms with Gasteiger partial charge in [-0.25, -0.2) is 0 Å². The van der Waals surface area contributed by atoms with E-state index in [4.69, 9.17) is 66.3 Å². The van der Waals surface area contributed by atoms with E-state index in [9.17, 15) is 97.0 Å². The van der Waals surface area contributed by atoms with Crippen molar-refractivity contribution in [3.8, 4) is 0 Å². The minimum absolute atomic E-state index is 0.119. The van der Waals surface area contributed by atoms with Crippen LogP contribution in [0.5, 0.6) is 0 Å². The minimum Gasteiger partial charge on any atom is -0.432 e. The molecule has 34 nitrogen and oxygen atoms in total. The Hall–Kier alpha value is -2.07. The molecule has 101 heavy (non-hydrogen) atoms. The Morgan fingerprint density at radius 1 is 0.495 bits per heavy atom. The number of carbonyl (C=O) groups is 1. The lowest BCUT2D eigenvalue weighted by molar-refractivity contribution is -0.385. The molecule has 0 unspecified atom stereocenters. The van der Waals surface area contributed by atoms with Crippen LogP contribution in [0, 0.1) is 50.2 Å².